The number of benzene rings is 2. The quantitative estimate of drug-likeness (QED) is 0.378. The van der Waals surface area contributed by atoms with Crippen molar-refractivity contribution in [2.45, 2.75) is 13.0 Å². The number of aryl methyl sites for hydroxylation is 2. The Balaban J connectivity index is 1.95. The lowest BCUT2D eigenvalue weighted by Gasteiger charge is -2.26. The van der Waals surface area contributed by atoms with Gasteiger partial charge in [0.1, 0.15) is 11.6 Å². The Kier molecular flexibility index (Phi) is 5.60. The first-order valence-corrected chi connectivity index (χ1v) is 10.4. The van der Waals surface area contributed by atoms with E-state index >= 15 is 0 Å². The SMILES string of the molecule is Cc1cc(/C(O)=C2\C(=O)C(=O)N(CCN(C)C)C2c2cn(C)c3ccccc23)ccc1F. The zero-order chi connectivity index (χ0) is 23.2. The van der Waals surface area contributed by atoms with Gasteiger partial charge in [-0.2, -0.15) is 0 Å². The molecule has 3 aromatic rings. The van der Waals surface area contributed by atoms with Crippen LogP contribution in [0.4, 0.5) is 4.39 Å². The fraction of sp³-hybridized carbons (Fsp3) is 0.280. The lowest BCUT2D eigenvalue weighted by molar-refractivity contribution is -0.140. The summed E-state index contributed by atoms with van der Waals surface area (Å²) in [6.07, 6.45) is 1.90. The fourth-order valence-electron chi connectivity index (χ4n) is 4.28. The van der Waals surface area contributed by atoms with Crippen LogP contribution in [0.1, 0.15) is 22.7 Å². The molecule has 2 heterocycles. The van der Waals surface area contributed by atoms with Crippen molar-refractivity contribution < 1.29 is 19.1 Å². The maximum atomic E-state index is 13.8. The Labute approximate surface area is 186 Å². The summed E-state index contributed by atoms with van der Waals surface area (Å²) in [5.41, 5.74) is 2.40. The molecule has 1 aliphatic heterocycles. The summed E-state index contributed by atoms with van der Waals surface area (Å²) >= 11 is 0. The highest BCUT2D eigenvalue weighted by Crippen LogP contribution is 2.42. The minimum absolute atomic E-state index is 0.0242. The molecule has 1 aromatic heterocycles. The van der Waals surface area contributed by atoms with Crippen LogP contribution in [0, 0.1) is 12.7 Å². The van der Waals surface area contributed by atoms with Crippen LogP contribution in [0.2, 0.25) is 0 Å². The number of aromatic nitrogens is 1. The summed E-state index contributed by atoms with van der Waals surface area (Å²) in [5.74, 6) is -2.08. The second-order valence-corrected chi connectivity index (χ2v) is 8.47. The molecular weight excluding hydrogens is 409 g/mol. The van der Waals surface area contributed by atoms with Gasteiger partial charge in [0.2, 0.25) is 0 Å². The van der Waals surface area contributed by atoms with Crippen LogP contribution >= 0.6 is 0 Å². The van der Waals surface area contributed by atoms with Crippen molar-refractivity contribution in [2.75, 3.05) is 27.2 Å². The number of aliphatic hydroxyl groups excluding tert-OH is 1. The van der Waals surface area contributed by atoms with Gasteiger partial charge in [-0.1, -0.05) is 18.2 Å². The maximum Gasteiger partial charge on any atom is 0.295 e. The van der Waals surface area contributed by atoms with Crippen molar-refractivity contribution >= 4 is 28.4 Å². The van der Waals surface area contributed by atoms with Crippen LogP contribution in [0.25, 0.3) is 16.7 Å². The number of Topliss-reactive ketones (excluding diaryl/α,β-unsaturated/α-hetero) is 1. The van der Waals surface area contributed by atoms with Gasteiger partial charge in [-0.3, -0.25) is 9.59 Å². The average molecular weight is 435 g/mol. The molecule has 0 aliphatic carbocycles. The number of carbonyl (C=O) groups is 2. The minimum atomic E-state index is -0.744. The minimum Gasteiger partial charge on any atom is -0.507 e. The molecule has 32 heavy (non-hydrogen) atoms. The molecule has 0 bridgehead atoms. The highest BCUT2D eigenvalue weighted by molar-refractivity contribution is 6.46. The molecule has 1 aliphatic rings. The number of fused-ring (bicyclic) bond motifs is 1. The monoisotopic (exact) mass is 435 g/mol. The van der Waals surface area contributed by atoms with E-state index in [1.165, 1.54) is 23.1 Å². The smallest absolute Gasteiger partial charge is 0.295 e. The lowest BCUT2D eigenvalue weighted by Crippen LogP contribution is -2.35. The van der Waals surface area contributed by atoms with E-state index in [4.69, 9.17) is 0 Å². The Bertz CT molecular complexity index is 1260. The van der Waals surface area contributed by atoms with Gasteiger partial charge >= 0.3 is 0 Å². The number of amides is 1. The van der Waals surface area contributed by atoms with E-state index in [0.717, 1.165) is 16.5 Å². The number of carbonyl (C=O) groups excluding carboxylic acids is 2. The third-order valence-corrected chi connectivity index (χ3v) is 5.98. The van der Waals surface area contributed by atoms with Gasteiger partial charge < -0.3 is 19.5 Å². The Hall–Kier alpha value is -3.45. The number of hydrogen-bond acceptors (Lipinski definition) is 4. The van der Waals surface area contributed by atoms with Crippen molar-refractivity contribution in [1.29, 1.82) is 0 Å². The molecule has 6 nitrogen and oxygen atoms in total. The van der Waals surface area contributed by atoms with Gasteiger partial charge in [-0.15, -0.1) is 0 Å². The molecule has 2 aromatic carbocycles. The average Bonchev–Trinajstić information content (AvgIpc) is 3.22. The van der Waals surface area contributed by atoms with Gasteiger partial charge in [-0.05, 0) is 50.8 Å². The summed E-state index contributed by atoms with van der Waals surface area (Å²) in [4.78, 5) is 29.7. The predicted molar refractivity (Wildman–Crippen MR) is 122 cm³/mol. The lowest BCUT2D eigenvalue weighted by atomic mass is 9.94. The van der Waals surface area contributed by atoms with Gasteiger partial charge in [0.05, 0.1) is 11.6 Å². The van der Waals surface area contributed by atoms with E-state index in [1.807, 2.05) is 61.1 Å². The first-order valence-electron chi connectivity index (χ1n) is 10.4. The van der Waals surface area contributed by atoms with E-state index in [9.17, 15) is 19.1 Å². The summed E-state index contributed by atoms with van der Waals surface area (Å²) in [6.45, 7) is 2.47. The van der Waals surface area contributed by atoms with Crippen LogP contribution in [0.15, 0.2) is 54.2 Å². The van der Waals surface area contributed by atoms with E-state index < -0.39 is 23.5 Å². The second-order valence-electron chi connectivity index (χ2n) is 8.47. The number of ketones is 1. The first-order chi connectivity index (χ1) is 15.2. The third kappa shape index (κ3) is 3.58. The molecule has 1 fully saturated rings. The molecule has 1 amide bonds. The van der Waals surface area contributed by atoms with Crippen LogP contribution in [0.5, 0.6) is 0 Å². The second kappa shape index (κ2) is 8.24. The molecule has 0 saturated carbocycles. The zero-order valence-electron chi connectivity index (χ0n) is 18.6. The predicted octanol–water partition coefficient (Wildman–Crippen LogP) is 3.61. The Morgan fingerprint density at radius 1 is 1.16 bits per heavy atom. The summed E-state index contributed by atoms with van der Waals surface area (Å²) in [6, 6.07) is 11.2. The summed E-state index contributed by atoms with van der Waals surface area (Å²) < 4.78 is 15.7. The summed E-state index contributed by atoms with van der Waals surface area (Å²) in [5, 5.41) is 12.1. The van der Waals surface area contributed by atoms with Crippen LogP contribution in [-0.4, -0.2) is 58.3 Å². The molecule has 1 atom stereocenters. The molecule has 1 N–H and O–H groups in total. The van der Waals surface area contributed by atoms with Crippen molar-refractivity contribution in [3.05, 3.63) is 76.7 Å². The first kappa shape index (κ1) is 21.8. The van der Waals surface area contributed by atoms with Crippen LogP contribution in [-0.2, 0) is 16.6 Å². The fourth-order valence-corrected chi connectivity index (χ4v) is 4.28. The third-order valence-electron chi connectivity index (χ3n) is 5.98. The maximum absolute atomic E-state index is 13.8. The molecule has 0 radical (unpaired) electrons. The highest BCUT2D eigenvalue weighted by atomic mass is 19.1. The van der Waals surface area contributed by atoms with Gasteiger partial charge in [0.25, 0.3) is 11.7 Å². The molecule has 0 spiro atoms. The van der Waals surface area contributed by atoms with Crippen molar-refractivity contribution in [3.63, 3.8) is 0 Å². The Morgan fingerprint density at radius 2 is 1.88 bits per heavy atom. The molecule has 166 valence electrons. The zero-order valence-corrected chi connectivity index (χ0v) is 18.6. The molecule has 7 heteroatoms. The van der Waals surface area contributed by atoms with Crippen molar-refractivity contribution in [1.82, 2.24) is 14.4 Å². The molecule has 4 rings (SSSR count). The highest BCUT2D eigenvalue weighted by Gasteiger charge is 2.46. The largest absolute Gasteiger partial charge is 0.507 e. The molecular formula is C25H26FN3O3. The van der Waals surface area contributed by atoms with Gasteiger partial charge in [-0.25, -0.2) is 4.39 Å². The van der Waals surface area contributed by atoms with Crippen LogP contribution < -0.4 is 0 Å². The van der Waals surface area contributed by atoms with Crippen molar-refractivity contribution in [2.24, 2.45) is 7.05 Å². The molecule has 1 saturated heterocycles. The number of halogens is 1. The topological polar surface area (TPSA) is 65.8 Å². The number of hydrogen-bond donors (Lipinski definition) is 1. The van der Waals surface area contributed by atoms with Crippen molar-refractivity contribution in [3.8, 4) is 0 Å². The van der Waals surface area contributed by atoms with E-state index in [-0.39, 0.29) is 11.3 Å². The van der Waals surface area contributed by atoms with Crippen LogP contribution in [0.3, 0.4) is 0 Å². The number of rotatable bonds is 5. The number of likely N-dealkylation sites (N-methyl/N-ethyl adjacent to an activating group) is 1. The van der Waals surface area contributed by atoms with Gasteiger partial charge in [0, 0.05) is 48.4 Å². The standard InChI is InChI=1S/C25H26FN3O3/c1-15-13-16(9-10-19(15)26)23(30)21-22(29(12-11-27(2)3)25(32)24(21)31)18-14-28(4)20-8-6-5-7-17(18)20/h5-10,13-14,22,30H,11-12H2,1-4H3/b23-21+. The number of aliphatic hydroxyl groups is 1. The van der Waals surface area contributed by atoms with E-state index in [0.29, 0.717) is 24.2 Å². The number of likely N-dealkylation sites (tertiary alicyclic amines) is 1. The normalized spacial score (nSPS) is 18.3. The van der Waals surface area contributed by atoms with E-state index in [2.05, 4.69) is 0 Å². The summed E-state index contributed by atoms with van der Waals surface area (Å²) in [7, 11) is 5.69. The number of para-hydroxylation sites is 1. The van der Waals surface area contributed by atoms with E-state index in [1.54, 1.807) is 6.92 Å². The van der Waals surface area contributed by atoms with Gasteiger partial charge in [0.15, 0.2) is 0 Å². The molecule has 1 unspecified atom stereocenters. The Morgan fingerprint density at radius 3 is 2.56 bits per heavy atom. The number of nitrogens with zero attached hydrogens (tertiary/aromatic N) is 3.